The summed E-state index contributed by atoms with van der Waals surface area (Å²) in [6.45, 7) is 1.11. The first-order valence-corrected chi connectivity index (χ1v) is 7.79. The van der Waals surface area contributed by atoms with E-state index < -0.39 is 10.0 Å². The van der Waals surface area contributed by atoms with E-state index in [-0.39, 0.29) is 0 Å². The van der Waals surface area contributed by atoms with Crippen LogP contribution in [0.25, 0.3) is 0 Å². The van der Waals surface area contributed by atoms with E-state index in [4.69, 9.17) is 5.73 Å². The Balaban J connectivity index is 2.48. The van der Waals surface area contributed by atoms with Gasteiger partial charge < -0.3 is 5.73 Å². The van der Waals surface area contributed by atoms with Crippen molar-refractivity contribution in [3.8, 4) is 0 Å². The van der Waals surface area contributed by atoms with Crippen LogP contribution < -0.4 is 10.5 Å². The number of sulfonamides is 1. The van der Waals surface area contributed by atoms with Gasteiger partial charge in [-0.05, 0) is 43.7 Å². The maximum Gasteiger partial charge on any atom is 0.240 e. The molecule has 1 rings (SSSR count). The molecule has 0 aliphatic carbocycles. The van der Waals surface area contributed by atoms with E-state index in [1.165, 1.54) is 0 Å². The third kappa shape index (κ3) is 5.16. The fourth-order valence-electron chi connectivity index (χ4n) is 1.35. The lowest BCUT2D eigenvalue weighted by Crippen LogP contribution is -2.24. The van der Waals surface area contributed by atoms with Crippen LogP contribution in [-0.2, 0) is 10.0 Å². The molecule has 0 bridgehead atoms. The molecule has 0 radical (unpaired) electrons. The summed E-state index contributed by atoms with van der Waals surface area (Å²) in [5.74, 6) is 0. The van der Waals surface area contributed by atoms with E-state index in [0.717, 1.165) is 23.7 Å². The van der Waals surface area contributed by atoms with Gasteiger partial charge in [0.1, 0.15) is 0 Å². The maximum atomic E-state index is 11.8. The second kappa shape index (κ2) is 7.10. The molecule has 0 saturated carbocycles. The van der Waals surface area contributed by atoms with Gasteiger partial charge >= 0.3 is 0 Å². The molecule has 0 unspecified atom stereocenters. The van der Waals surface area contributed by atoms with Gasteiger partial charge in [0.05, 0.1) is 4.90 Å². The van der Waals surface area contributed by atoms with Crippen molar-refractivity contribution in [3.63, 3.8) is 0 Å². The standard InChI is InChI=1S/C11H17BrN2O2S/c12-10-4-6-11(7-5-10)17(15,16)14-9-3-1-2-8-13/h4-7,14H,1-3,8-9,13H2. The summed E-state index contributed by atoms with van der Waals surface area (Å²) in [4.78, 5) is 0.291. The lowest BCUT2D eigenvalue weighted by atomic mass is 10.2. The minimum absolute atomic E-state index is 0.291. The number of nitrogens with one attached hydrogen (secondary N) is 1. The fourth-order valence-corrected chi connectivity index (χ4v) is 2.69. The summed E-state index contributed by atoms with van der Waals surface area (Å²) in [6.07, 6.45) is 2.69. The Morgan fingerprint density at radius 2 is 1.76 bits per heavy atom. The predicted molar refractivity (Wildman–Crippen MR) is 72.2 cm³/mol. The largest absolute Gasteiger partial charge is 0.330 e. The molecular weight excluding hydrogens is 304 g/mol. The van der Waals surface area contributed by atoms with Crippen molar-refractivity contribution < 1.29 is 8.42 Å². The minimum atomic E-state index is -3.37. The normalized spacial score (nSPS) is 11.6. The van der Waals surface area contributed by atoms with Crippen LogP contribution in [0.2, 0.25) is 0 Å². The first-order chi connectivity index (χ1) is 8.06. The quantitative estimate of drug-likeness (QED) is 0.753. The highest BCUT2D eigenvalue weighted by Gasteiger charge is 2.12. The molecule has 0 spiro atoms. The summed E-state index contributed by atoms with van der Waals surface area (Å²) in [5.41, 5.74) is 5.36. The highest BCUT2D eigenvalue weighted by atomic mass is 79.9. The minimum Gasteiger partial charge on any atom is -0.330 e. The van der Waals surface area contributed by atoms with Crippen LogP contribution in [0.3, 0.4) is 0 Å². The average Bonchev–Trinajstić information content (AvgIpc) is 2.29. The molecule has 1 aromatic carbocycles. The van der Waals surface area contributed by atoms with E-state index in [2.05, 4.69) is 20.7 Å². The van der Waals surface area contributed by atoms with Crippen LogP contribution >= 0.6 is 15.9 Å². The van der Waals surface area contributed by atoms with Gasteiger partial charge in [0.25, 0.3) is 0 Å². The van der Waals surface area contributed by atoms with Gasteiger partial charge in [0.15, 0.2) is 0 Å². The SMILES string of the molecule is NCCCCCNS(=O)(=O)c1ccc(Br)cc1. The number of rotatable bonds is 7. The monoisotopic (exact) mass is 320 g/mol. The second-order valence-corrected chi connectivity index (χ2v) is 6.38. The zero-order valence-corrected chi connectivity index (χ0v) is 11.9. The van der Waals surface area contributed by atoms with Gasteiger partial charge in [-0.15, -0.1) is 0 Å². The Labute approximate surface area is 111 Å². The molecule has 0 saturated heterocycles. The van der Waals surface area contributed by atoms with E-state index in [9.17, 15) is 8.42 Å². The molecule has 0 fully saturated rings. The van der Waals surface area contributed by atoms with E-state index in [1.807, 2.05) is 0 Å². The van der Waals surface area contributed by atoms with Crippen LogP contribution in [0.5, 0.6) is 0 Å². The molecule has 0 aliphatic rings. The van der Waals surface area contributed by atoms with Crippen molar-refractivity contribution in [2.75, 3.05) is 13.1 Å². The smallest absolute Gasteiger partial charge is 0.240 e. The number of nitrogens with two attached hydrogens (primary N) is 1. The molecule has 0 amide bonds. The predicted octanol–water partition coefficient (Wildman–Crippen LogP) is 1.86. The third-order valence-electron chi connectivity index (χ3n) is 2.30. The molecule has 0 heterocycles. The topological polar surface area (TPSA) is 72.2 Å². The van der Waals surface area contributed by atoms with E-state index in [1.54, 1.807) is 24.3 Å². The summed E-state index contributed by atoms with van der Waals surface area (Å²) in [7, 11) is -3.37. The Morgan fingerprint density at radius 3 is 2.35 bits per heavy atom. The molecule has 4 nitrogen and oxygen atoms in total. The zero-order chi connectivity index (χ0) is 12.7. The van der Waals surface area contributed by atoms with Crippen LogP contribution in [0.4, 0.5) is 0 Å². The summed E-state index contributed by atoms with van der Waals surface area (Å²) in [5, 5.41) is 0. The number of halogens is 1. The Bertz CT molecular complexity index is 431. The molecule has 3 N–H and O–H groups in total. The Kier molecular flexibility index (Phi) is 6.11. The van der Waals surface area contributed by atoms with E-state index >= 15 is 0 Å². The second-order valence-electron chi connectivity index (χ2n) is 3.70. The average molecular weight is 321 g/mol. The lowest BCUT2D eigenvalue weighted by Gasteiger charge is -2.06. The van der Waals surface area contributed by atoms with Crippen LogP contribution in [0.1, 0.15) is 19.3 Å². The van der Waals surface area contributed by atoms with Crippen molar-refractivity contribution in [2.24, 2.45) is 5.73 Å². The third-order valence-corrected chi connectivity index (χ3v) is 4.30. The number of benzene rings is 1. The summed E-state index contributed by atoms with van der Waals surface area (Å²) >= 11 is 3.27. The van der Waals surface area contributed by atoms with Crippen LogP contribution in [0, 0.1) is 0 Å². The van der Waals surface area contributed by atoms with Gasteiger partial charge in [0.2, 0.25) is 10.0 Å². The van der Waals surface area contributed by atoms with Gasteiger partial charge in [-0.2, -0.15) is 0 Å². The number of hydrogen-bond acceptors (Lipinski definition) is 3. The van der Waals surface area contributed by atoms with Gasteiger partial charge in [0, 0.05) is 11.0 Å². The summed E-state index contributed by atoms with van der Waals surface area (Å²) < 4.78 is 27.1. The zero-order valence-electron chi connectivity index (χ0n) is 9.52. The van der Waals surface area contributed by atoms with E-state index in [0.29, 0.717) is 18.0 Å². The summed E-state index contributed by atoms with van der Waals surface area (Å²) in [6, 6.07) is 6.57. The molecule has 96 valence electrons. The molecular formula is C11H17BrN2O2S. The molecule has 0 atom stereocenters. The molecule has 1 aromatic rings. The van der Waals surface area contributed by atoms with Crippen molar-refractivity contribution >= 4 is 26.0 Å². The van der Waals surface area contributed by atoms with Crippen molar-refractivity contribution in [3.05, 3.63) is 28.7 Å². The first kappa shape index (κ1) is 14.6. The highest BCUT2D eigenvalue weighted by molar-refractivity contribution is 9.10. The van der Waals surface area contributed by atoms with Gasteiger partial charge in [-0.3, -0.25) is 0 Å². The fraction of sp³-hybridized carbons (Fsp3) is 0.455. The van der Waals surface area contributed by atoms with Crippen LogP contribution in [0.15, 0.2) is 33.6 Å². The lowest BCUT2D eigenvalue weighted by molar-refractivity contribution is 0.575. The number of hydrogen-bond donors (Lipinski definition) is 2. The first-order valence-electron chi connectivity index (χ1n) is 5.51. The molecule has 17 heavy (non-hydrogen) atoms. The van der Waals surface area contributed by atoms with Crippen molar-refractivity contribution in [2.45, 2.75) is 24.2 Å². The Morgan fingerprint density at radius 1 is 1.12 bits per heavy atom. The Hall–Kier alpha value is -0.430. The highest BCUT2D eigenvalue weighted by Crippen LogP contribution is 2.14. The van der Waals surface area contributed by atoms with Crippen molar-refractivity contribution in [1.29, 1.82) is 0 Å². The number of unbranched alkanes of at least 4 members (excludes halogenated alkanes) is 2. The maximum absolute atomic E-state index is 11.8. The van der Waals surface area contributed by atoms with Crippen molar-refractivity contribution in [1.82, 2.24) is 4.72 Å². The molecule has 6 heteroatoms. The van der Waals surface area contributed by atoms with Crippen LogP contribution in [-0.4, -0.2) is 21.5 Å². The van der Waals surface area contributed by atoms with Gasteiger partial charge in [-0.1, -0.05) is 22.4 Å². The van der Waals surface area contributed by atoms with Gasteiger partial charge in [-0.25, -0.2) is 13.1 Å². The molecule has 0 aliphatic heterocycles. The molecule has 0 aromatic heterocycles.